The second-order valence-electron chi connectivity index (χ2n) is 5.16. The number of rotatable bonds is 4. The number of carbonyl (C=O) groups is 1. The third kappa shape index (κ3) is 2.69. The fourth-order valence-corrected chi connectivity index (χ4v) is 3.54. The lowest BCUT2D eigenvalue weighted by Gasteiger charge is -2.27. The van der Waals surface area contributed by atoms with Crippen molar-refractivity contribution in [3.8, 4) is 17.0 Å². The number of nitrogens with zero attached hydrogens (tertiary/aromatic N) is 2. The Hall–Kier alpha value is -2.35. The van der Waals surface area contributed by atoms with Gasteiger partial charge in [0.2, 0.25) is 0 Å². The van der Waals surface area contributed by atoms with E-state index < -0.39 is 15.8 Å². The van der Waals surface area contributed by atoms with Crippen LogP contribution in [0.25, 0.3) is 11.3 Å². The second-order valence-corrected chi connectivity index (χ2v) is 7.31. The number of sulfone groups is 1. The molecule has 2 aromatic rings. The zero-order valence-electron chi connectivity index (χ0n) is 11.8. The van der Waals surface area contributed by atoms with Crippen LogP contribution >= 0.6 is 0 Å². The van der Waals surface area contributed by atoms with E-state index in [1.807, 2.05) is 0 Å². The molecule has 0 bridgehead atoms. The van der Waals surface area contributed by atoms with Gasteiger partial charge in [-0.05, 0) is 18.2 Å². The van der Waals surface area contributed by atoms with Crippen LogP contribution in [0.15, 0.2) is 30.3 Å². The highest BCUT2D eigenvalue weighted by molar-refractivity contribution is 7.92. The summed E-state index contributed by atoms with van der Waals surface area (Å²) in [5.41, 5.74) is 1.21. The molecule has 22 heavy (non-hydrogen) atoms. The largest absolute Gasteiger partial charge is 0.488 e. The minimum Gasteiger partial charge on any atom is -0.488 e. The molecule has 0 amide bonds. The predicted molar refractivity (Wildman–Crippen MR) is 78.7 cm³/mol. The molecule has 3 rings (SSSR count). The summed E-state index contributed by atoms with van der Waals surface area (Å²) >= 11 is 0. The Balaban J connectivity index is 1.93. The van der Waals surface area contributed by atoms with Crippen molar-refractivity contribution < 1.29 is 23.1 Å². The Kier molecular flexibility index (Phi) is 3.40. The van der Waals surface area contributed by atoms with Crippen LogP contribution < -0.4 is 4.74 Å². The van der Waals surface area contributed by atoms with Gasteiger partial charge in [-0.3, -0.25) is 4.68 Å². The minimum absolute atomic E-state index is 0.00704. The number of carboxylic acids is 1. The van der Waals surface area contributed by atoms with Crippen LogP contribution in [0.4, 0.5) is 0 Å². The molecule has 1 fully saturated rings. The average molecular weight is 322 g/mol. The Morgan fingerprint density at radius 1 is 1.36 bits per heavy atom. The van der Waals surface area contributed by atoms with E-state index in [9.17, 15) is 13.2 Å². The van der Waals surface area contributed by atoms with Gasteiger partial charge in [-0.1, -0.05) is 12.1 Å². The van der Waals surface area contributed by atoms with E-state index >= 15 is 0 Å². The second kappa shape index (κ2) is 5.13. The number of aromatic nitrogens is 2. The number of hydrogen-bond donors (Lipinski definition) is 1. The van der Waals surface area contributed by atoms with Gasteiger partial charge in [-0.15, -0.1) is 0 Å². The Morgan fingerprint density at radius 3 is 2.64 bits per heavy atom. The standard InChI is InChI=1S/C14H14N2O5S/c1-16-12(6-11(15-16)14(17)18)10-4-2-3-5-13(10)21-9-7-22(19,20)8-9/h2-6,9H,7-8H2,1H3,(H,17,18). The van der Waals surface area contributed by atoms with Crippen LogP contribution in [0.5, 0.6) is 5.75 Å². The van der Waals surface area contributed by atoms with Gasteiger partial charge < -0.3 is 9.84 Å². The van der Waals surface area contributed by atoms with Crippen molar-refractivity contribution in [2.24, 2.45) is 7.05 Å². The van der Waals surface area contributed by atoms with Crippen molar-refractivity contribution in [3.05, 3.63) is 36.0 Å². The molecule has 1 aromatic carbocycles. The number of carboxylic acid groups (broad SMARTS) is 1. The van der Waals surface area contributed by atoms with E-state index in [1.54, 1.807) is 31.3 Å². The molecule has 0 aliphatic carbocycles. The first-order chi connectivity index (χ1) is 10.4. The third-order valence-corrected chi connectivity index (χ3v) is 5.19. The fourth-order valence-electron chi connectivity index (χ4n) is 2.37. The number of hydrogen-bond acceptors (Lipinski definition) is 5. The highest BCUT2D eigenvalue weighted by Gasteiger charge is 2.35. The first kappa shape index (κ1) is 14.6. The number of aryl methyl sites for hydroxylation is 1. The zero-order valence-corrected chi connectivity index (χ0v) is 12.6. The lowest BCUT2D eigenvalue weighted by atomic mass is 10.1. The molecule has 8 heteroatoms. The lowest BCUT2D eigenvalue weighted by molar-refractivity contribution is 0.0689. The van der Waals surface area contributed by atoms with E-state index in [1.165, 1.54) is 10.7 Å². The molecule has 1 N–H and O–H groups in total. The van der Waals surface area contributed by atoms with Gasteiger partial charge in [-0.2, -0.15) is 5.10 Å². The number of benzene rings is 1. The maximum Gasteiger partial charge on any atom is 0.356 e. The predicted octanol–water partition coefficient (Wildman–Crippen LogP) is 0.961. The molecule has 0 saturated carbocycles. The van der Waals surface area contributed by atoms with Crippen molar-refractivity contribution in [2.75, 3.05) is 11.5 Å². The van der Waals surface area contributed by atoms with Crippen LogP contribution in [0.3, 0.4) is 0 Å². The van der Waals surface area contributed by atoms with Gasteiger partial charge in [0.1, 0.15) is 11.9 Å². The maximum absolute atomic E-state index is 11.2. The molecule has 1 saturated heterocycles. The summed E-state index contributed by atoms with van der Waals surface area (Å²) < 4.78 is 29.6. The van der Waals surface area contributed by atoms with Gasteiger partial charge in [0, 0.05) is 12.6 Å². The molecular weight excluding hydrogens is 308 g/mol. The topological polar surface area (TPSA) is 98.5 Å². The fraction of sp³-hybridized carbons (Fsp3) is 0.286. The highest BCUT2D eigenvalue weighted by Crippen LogP contribution is 2.32. The van der Waals surface area contributed by atoms with E-state index in [0.717, 1.165) is 0 Å². The van der Waals surface area contributed by atoms with Crippen LogP contribution in [0.1, 0.15) is 10.5 Å². The molecule has 0 atom stereocenters. The minimum atomic E-state index is -2.96. The smallest absolute Gasteiger partial charge is 0.356 e. The first-order valence-electron chi connectivity index (χ1n) is 6.59. The maximum atomic E-state index is 11.2. The Bertz CT molecular complexity index is 829. The molecule has 2 heterocycles. The van der Waals surface area contributed by atoms with E-state index in [0.29, 0.717) is 17.0 Å². The molecule has 1 aliphatic heterocycles. The normalized spacial score (nSPS) is 17.0. The van der Waals surface area contributed by atoms with Crippen molar-refractivity contribution in [1.82, 2.24) is 9.78 Å². The first-order valence-corrected chi connectivity index (χ1v) is 8.42. The van der Waals surface area contributed by atoms with Crippen LogP contribution in [0, 0.1) is 0 Å². The average Bonchev–Trinajstić information content (AvgIpc) is 2.79. The summed E-state index contributed by atoms with van der Waals surface area (Å²) in [5.74, 6) is -0.576. The van der Waals surface area contributed by atoms with E-state index in [-0.39, 0.29) is 23.3 Å². The Labute approximate surface area is 127 Å². The quantitative estimate of drug-likeness (QED) is 0.900. The number of ether oxygens (including phenoxy) is 1. The van der Waals surface area contributed by atoms with Crippen molar-refractivity contribution >= 4 is 15.8 Å². The van der Waals surface area contributed by atoms with E-state index in [4.69, 9.17) is 9.84 Å². The van der Waals surface area contributed by atoms with Gasteiger partial charge in [0.15, 0.2) is 15.5 Å². The van der Waals surface area contributed by atoms with E-state index in [2.05, 4.69) is 5.10 Å². The number of para-hydroxylation sites is 1. The molecule has 0 spiro atoms. The van der Waals surface area contributed by atoms with Crippen LogP contribution in [-0.2, 0) is 16.9 Å². The molecule has 0 unspecified atom stereocenters. The summed E-state index contributed by atoms with van der Waals surface area (Å²) in [5, 5.41) is 12.9. The molecule has 1 aromatic heterocycles. The summed E-state index contributed by atoms with van der Waals surface area (Å²) in [6, 6.07) is 8.55. The monoisotopic (exact) mass is 322 g/mol. The molecule has 116 valence electrons. The third-order valence-electron chi connectivity index (χ3n) is 3.44. The van der Waals surface area contributed by atoms with Gasteiger partial charge in [0.05, 0.1) is 17.2 Å². The molecule has 7 nitrogen and oxygen atoms in total. The molecule has 0 radical (unpaired) electrons. The summed E-state index contributed by atoms with van der Waals surface area (Å²) in [4.78, 5) is 11.0. The molecular formula is C14H14N2O5S. The van der Waals surface area contributed by atoms with Gasteiger partial charge >= 0.3 is 5.97 Å². The highest BCUT2D eigenvalue weighted by atomic mass is 32.2. The van der Waals surface area contributed by atoms with Crippen molar-refractivity contribution in [2.45, 2.75) is 6.10 Å². The van der Waals surface area contributed by atoms with Gasteiger partial charge in [-0.25, -0.2) is 13.2 Å². The van der Waals surface area contributed by atoms with Crippen LogP contribution in [0.2, 0.25) is 0 Å². The Morgan fingerprint density at radius 2 is 2.05 bits per heavy atom. The summed E-state index contributed by atoms with van der Waals surface area (Å²) in [6.45, 7) is 0. The summed E-state index contributed by atoms with van der Waals surface area (Å²) in [6.07, 6.45) is -0.363. The van der Waals surface area contributed by atoms with Gasteiger partial charge in [0.25, 0.3) is 0 Å². The zero-order chi connectivity index (χ0) is 15.9. The SMILES string of the molecule is Cn1nc(C(=O)O)cc1-c1ccccc1OC1CS(=O)(=O)C1. The molecule has 1 aliphatic rings. The van der Waals surface area contributed by atoms with Crippen molar-refractivity contribution in [1.29, 1.82) is 0 Å². The number of aromatic carboxylic acids is 1. The van der Waals surface area contributed by atoms with Crippen molar-refractivity contribution in [3.63, 3.8) is 0 Å². The lowest BCUT2D eigenvalue weighted by Crippen LogP contribution is -2.45. The van der Waals surface area contributed by atoms with Crippen LogP contribution in [-0.4, -0.2) is 46.9 Å². The summed E-state index contributed by atoms with van der Waals surface area (Å²) in [7, 11) is -1.32.